The molecule has 1 aliphatic heterocycles. The third kappa shape index (κ3) is 3.43. The Morgan fingerprint density at radius 1 is 0.862 bits per heavy atom. The van der Waals surface area contributed by atoms with Crippen LogP contribution in [0.1, 0.15) is 23.4 Å². The van der Waals surface area contributed by atoms with Crippen molar-refractivity contribution in [3.8, 4) is 17.1 Å². The molecular formula is C24H20N4O. The summed E-state index contributed by atoms with van der Waals surface area (Å²) in [5.41, 5.74) is 6.13. The maximum absolute atomic E-state index is 10.9. The van der Waals surface area contributed by atoms with Crippen molar-refractivity contribution in [1.29, 1.82) is 0 Å². The van der Waals surface area contributed by atoms with Crippen LogP contribution in [0.5, 0.6) is 5.88 Å². The molecule has 5 heteroatoms. The normalized spacial score (nSPS) is 13.2. The molecule has 0 saturated carbocycles. The number of hydrogen-bond acceptors (Lipinski definition) is 4. The predicted octanol–water partition coefficient (Wildman–Crippen LogP) is 4.59. The number of imidazole rings is 1. The molecule has 0 atom stereocenters. The van der Waals surface area contributed by atoms with Crippen molar-refractivity contribution in [2.45, 2.75) is 19.3 Å². The van der Waals surface area contributed by atoms with Crippen LogP contribution in [0.25, 0.3) is 16.9 Å². The van der Waals surface area contributed by atoms with Crippen molar-refractivity contribution in [3.63, 3.8) is 0 Å². The van der Waals surface area contributed by atoms with Crippen LogP contribution in [0.15, 0.2) is 84.1 Å². The van der Waals surface area contributed by atoms with Crippen molar-refractivity contribution in [2.24, 2.45) is 4.99 Å². The number of aliphatic imine (C=N–C) groups is 1. The summed E-state index contributed by atoms with van der Waals surface area (Å²) in [6.45, 7) is 0. The lowest BCUT2D eigenvalue weighted by Crippen LogP contribution is -2.01. The van der Waals surface area contributed by atoms with Gasteiger partial charge in [0.1, 0.15) is 5.69 Å². The molecule has 4 aromatic rings. The average Bonchev–Trinajstić information content (AvgIpc) is 3.38. The minimum atomic E-state index is 0.156. The second-order valence-corrected chi connectivity index (χ2v) is 7.14. The highest BCUT2D eigenvalue weighted by atomic mass is 16.3. The number of nitrogens with zero attached hydrogens (tertiary/aromatic N) is 4. The minimum Gasteiger partial charge on any atom is -0.493 e. The predicted molar refractivity (Wildman–Crippen MR) is 114 cm³/mol. The number of fused-ring (bicyclic) bond motifs is 1. The van der Waals surface area contributed by atoms with E-state index in [2.05, 4.69) is 17.1 Å². The van der Waals surface area contributed by atoms with Gasteiger partial charge in [-0.25, -0.2) is 9.97 Å². The van der Waals surface area contributed by atoms with Crippen molar-refractivity contribution >= 4 is 11.4 Å². The summed E-state index contributed by atoms with van der Waals surface area (Å²) in [5, 5.41) is 10.9. The van der Waals surface area contributed by atoms with Gasteiger partial charge in [0.05, 0.1) is 11.4 Å². The van der Waals surface area contributed by atoms with Gasteiger partial charge in [0.25, 0.3) is 0 Å². The zero-order valence-corrected chi connectivity index (χ0v) is 15.9. The molecule has 1 aliphatic rings. The maximum Gasteiger partial charge on any atom is 0.219 e. The van der Waals surface area contributed by atoms with Gasteiger partial charge in [0.15, 0.2) is 5.65 Å². The quantitative estimate of drug-likeness (QED) is 0.551. The Kier molecular flexibility index (Phi) is 4.41. The van der Waals surface area contributed by atoms with Gasteiger partial charge in [-0.05, 0) is 5.56 Å². The van der Waals surface area contributed by atoms with Crippen LogP contribution in [-0.4, -0.2) is 25.2 Å². The number of benzene rings is 2. The van der Waals surface area contributed by atoms with Gasteiger partial charge in [0.2, 0.25) is 5.88 Å². The molecule has 0 aliphatic carbocycles. The molecule has 0 spiro atoms. The lowest BCUT2D eigenvalue weighted by Gasteiger charge is -2.08. The SMILES string of the molecule is Oc1c(CC2=NC=CC2)nc2c(Cc3ccccc3)nc(-c3ccccc3)cn12. The smallest absolute Gasteiger partial charge is 0.219 e. The van der Waals surface area contributed by atoms with Gasteiger partial charge in [-0.15, -0.1) is 0 Å². The summed E-state index contributed by atoms with van der Waals surface area (Å²) in [7, 11) is 0. The van der Waals surface area contributed by atoms with Gasteiger partial charge >= 0.3 is 0 Å². The largest absolute Gasteiger partial charge is 0.493 e. The molecule has 5 rings (SSSR count). The van der Waals surface area contributed by atoms with E-state index in [1.54, 1.807) is 10.6 Å². The molecule has 0 fully saturated rings. The zero-order chi connectivity index (χ0) is 19.6. The monoisotopic (exact) mass is 380 g/mol. The Bertz CT molecular complexity index is 1220. The average molecular weight is 380 g/mol. The van der Waals surface area contributed by atoms with E-state index in [-0.39, 0.29) is 5.88 Å². The fraction of sp³-hybridized carbons (Fsp3) is 0.125. The summed E-state index contributed by atoms with van der Waals surface area (Å²) in [5.74, 6) is 0.156. The van der Waals surface area contributed by atoms with Crippen LogP contribution in [0.3, 0.4) is 0 Å². The van der Waals surface area contributed by atoms with Gasteiger partial charge in [-0.3, -0.25) is 9.39 Å². The van der Waals surface area contributed by atoms with Crippen molar-refractivity contribution in [1.82, 2.24) is 14.4 Å². The van der Waals surface area contributed by atoms with Gasteiger partial charge in [-0.1, -0.05) is 66.7 Å². The van der Waals surface area contributed by atoms with Crippen LogP contribution in [0.2, 0.25) is 0 Å². The number of aromatic nitrogens is 3. The fourth-order valence-corrected chi connectivity index (χ4v) is 3.63. The summed E-state index contributed by atoms with van der Waals surface area (Å²) >= 11 is 0. The highest BCUT2D eigenvalue weighted by molar-refractivity contribution is 5.90. The van der Waals surface area contributed by atoms with Crippen LogP contribution in [-0.2, 0) is 12.8 Å². The maximum atomic E-state index is 10.9. The Hall–Kier alpha value is -3.73. The van der Waals surface area contributed by atoms with Crippen molar-refractivity contribution < 1.29 is 5.11 Å². The van der Waals surface area contributed by atoms with E-state index in [1.165, 1.54) is 0 Å². The van der Waals surface area contributed by atoms with E-state index >= 15 is 0 Å². The topological polar surface area (TPSA) is 62.8 Å². The van der Waals surface area contributed by atoms with Crippen molar-refractivity contribution in [2.75, 3.05) is 0 Å². The lowest BCUT2D eigenvalue weighted by atomic mass is 10.1. The summed E-state index contributed by atoms with van der Waals surface area (Å²) in [4.78, 5) is 14.0. The first-order chi connectivity index (χ1) is 14.3. The third-order valence-electron chi connectivity index (χ3n) is 5.09. The number of aromatic hydroxyl groups is 1. The summed E-state index contributed by atoms with van der Waals surface area (Å²) in [6.07, 6.45) is 7.66. The van der Waals surface area contributed by atoms with E-state index in [0.29, 0.717) is 24.2 Å². The first-order valence-corrected chi connectivity index (χ1v) is 9.67. The second kappa shape index (κ2) is 7.36. The van der Waals surface area contributed by atoms with Gasteiger partial charge in [0, 0.05) is 42.9 Å². The molecule has 5 nitrogen and oxygen atoms in total. The molecule has 2 aromatic carbocycles. The molecule has 29 heavy (non-hydrogen) atoms. The third-order valence-corrected chi connectivity index (χ3v) is 5.09. The molecule has 0 unspecified atom stereocenters. The minimum absolute atomic E-state index is 0.156. The molecule has 3 heterocycles. The fourth-order valence-electron chi connectivity index (χ4n) is 3.63. The Morgan fingerprint density at radius 2 is 1.62 bits per heavy atom. The highest BCUT2D eigenvalue weighted by Gasteiger charge is 2.19. The van der Waals surface area contributed by atoms with E-state index in [1.807, 2.05) is 60.8 Å². The van der Waals surface area contributed by atoms with Crippen LogP contribution in [0.4, 0.5) is 0 Å². The Balaban J connectivity index is 1.65. The molecule has 0 saturated heterocycles. The number of hydrogen-bond donors (Lipinski definition) is 1. The molecule has 1 N–H and O–H groups in total. The van der Waals surface area contributed by atoms with Crippen molar-refractivity contribution in [3.05, 3.63) is 96.1 Å². The first-order valence-electron chi connectivity index (χ1n) is 9.67. The molecule has 142 valence electrons. The van der Waals surface area contributed by atoms with Gasteiger partial charge in [-0.2, -0.15) is 0 Å². The molecule has 0 amide bonds. The molecule has 0 bridgehead atoms. The van der Waals surface area contributed by atoms with Crippen LogP contribution in [0, 0.1) is 0 Å². The Labute approximate surface area is 168 Å². The summed E-state index contributed by atoms with van der Waals surface area (Å²) in [6, 6.07) is 20.2. The standard InChI is InChI=1S/C24H20N4O/c29-24-21(15-19-12-7-13-25-19)27-23-20(14-17-8-3-1-4-9-17)26-22(16-28(23)24)18-10-5-2-6-11-18/h1-11,13,16,29H,12,14-15H2. The van der Waals surface area contributed by atoms with E-state index in [9.17, 15) is 5.11 Å². The number of allylic oxidation sites excluding steroid dienone is 1. The van der Waals surface area contributed by atoms with Crippen LogP contribution < -0.4 is 0 Å². The van der Waals surface area contributed by atoms with E-state index < -0.39 is 0 Å². The zero-order valence-electron chi connectivity index (χ0n) is 15.9. The molecule has 0 radical (unpaired) electrons. The second-order valence-electron chi connectivity index (χ2n) is 7.14. The first kappa shape index (κ1) is 17.4. The van der Waals surface area contributed by atoms with Crippen LogP contribution >= 0.6 is 0 Å². The van der Waals surface area contributed by atoms with Gasteiger partial charge < -0.3 is 5.11 Å². The van der Waals surface area contributed by atoms with E-state index in [4.69, 9.17) is 9.97 Å². The van der Waals surface area contributed by atoms with E-state index in [0.717, 1.165) is 34.6 Å². The number of rotatable bonds is 5. The molecular weight excluding hydrogens is 360 g/mol. The lowest BCUT2D eigenvalue weighted by molar-refractivity contribution is 0.443. The Morgan fingerprint density at radius 3 is 2.34 bits per heavy atom. The summed E-state index contributed by atoms with van der Waals surface area (Å²) < 4.78 is 1.76. The highest BCUT2D eigenvalue weighted by Crippen LogP contribution is 2.27. The molecule has 2 aromatic heterocycles.